The highest BCUT2D eigenvalue weighted by Gasteiger charge is 2.21. The molecule has 0 radical (unpaired) electrons. The van der Waals surface area contributed by atoms with Crippen LogP contribution >= 0.6 is 0 Å². The zero-order valence-corrected chi connectivity index (χ0v) is 15.4. The third kappa shape index (κ3) is 2.27. The van der Waals surface area contributed by atoms with Crippen molar-refractivity contribution in [2.75, 3.05) is 18.0 Å². The summed E-state index contributed by atoms with van der Waals surface area (Å²) in [6.07, 6.45) is 6.01. The normalized spacial score (nSPS) is 14.8. The summed E-state index contributed by atoms with van der Waals surface area (Å²) in [7, 11) is 0. The first-order chi connectivity index (χ1) is 13.8. The number of rotatable bonds is 4. The third-order valence-corrected chi connectivity index (χ3v) is 6.05. The molecule has 1 fully saturated rings. The number of carbonyl (C=O) groups excluding carboxylic acids is 3. The van der Waals surface area contributed by atoms with E-state index in [1.54, 1.807) is 6.07 Å². The van der Waals surface area contributed by atoms with Crippen LogP contribution in [-0.4, -0.2) is 31.9 Å². The van der Waals surface area contributed by atoms with Crippen LogP contribution in [0.5, 0.6) is 0 Å². The monoisotopic (exact) mass is 369 g/mol. The first-order valence-electron chi connectivity index (χ1n) is 9.66. The SMILES string of the molecule is O=Cc1cc(C=O)c2ccc3c(N4CCCCC4)cc(C=O)c4ccc1c2c43. The third-order valence-electron chi connectivity index (χ3n) is 6.05. The average molecular weight is 369 g/mol. The maximum Gasteiger partial charge on any atom is 0.150 e. The molecule has 1 saturated heterocycles. The van der Waals surface area contributed by atoms with Crippen LogP contribution in [-0.2, 0) is 0 Å². The number of nitrogens with zero attached hydrogens (tertiary/aromatic N) is 1. The van der Waals surface area contributed by atoms with Gasteiger partial charge in [-0.2, -0.15) is 0 Å². The summed E-state index contributed by atoms with van der Waals surface area (Å²) in [5.74, 6) is 0. The Morgan fingerprint density at radius 3 is 1.61 bits per heavy atom. The summed E-state index contributed by atoms with van der Waals surface area (Å²) in [5.41, 5.74) is 2.71. The van der Waals surface area contributed by atoms with Crippen LogP contribution < -0.4 is 4.90 Å². The number of benzene rings is 4. The van der Waals surface area contributed by atoms with Crippen molar-refractivity contribution in [1.82, 2.24) is 0 Å². The van der Waals surface area contributed by atoms with Crippen molar-refractivity contribution in [3.63, 3.8) is 0 Å². The summed E-state index contributed by atoms with van der Waals surface area (Å²) in [6, 6.07) is 11.5. The van der Waals surface area contributed by atoms with E-state index < -0.39 is 0 Å². The van der Waals surface area contributed by atoms with Crippen molar-refractivity contribution < 1.29 is 14.4 Å². The molecule has 0 unspecified atom stereocenters. The molecule has 4 aromatic carbocycles. The van der Waals surface area contributed by atoms with E-state index in [0.717, 1.165) is 82.8 Å². The summed E-state index contributed by atoms with van der Waals surface area (Å²) < 4.78 is 0. The first kappa shape index (κ1) is 16.9. The lowest BCUT2D eigenvalue weighted by Gasteiger charge is -2.31. The maximum atomic E-state index is 11.9. The summed E-state index contributed by atoms with van der Waals surface area (Å²) in [6.45, 7) is 1.95. The molecule has 4 aromatic rings. The minimum Gasteiger partial charge on any atom is -0.371 e. The van der Waals surface area contributed by atoms with E-state index in [1.807, 2.05) is 24.3 Å². The molecule has 0 aromatic heterocycles. The molecule has 138 valence electrons. The Kier molecular flexibility index (Phi) is 3.86. The zero-order valence-electron chi connectivity index (χ0n) is 15.4. The lowest BCUT2D eigenvalue weighted by atomic mass is 9.87. The Morgan fingerprint density at radius 2 is 1.07 bits per heavy atom. The largest absolute Gasteiger partial charge is 0.371 e. The predicted molar refractivity (Wildman–Crippen MR) is 112 cm³/mol. The van der Waals surface area contributed by atoms with Gasteiger partial charge in [0, 0.05) is 46.2 Å². The van der Waals surface area contributed by atoms with Gasteiger partial charge in [0.15, 0.2) is 18.9 Å². The van der Waals surface area contributed by atoms with Gasteiger partial charge in [-0.3, -0.25) is 14.4 Å². The van der Waals surface area contributed by atoms with Crippen molar-refractivity contribution in [2.24, 2.45) is 0 Å². The Bertz CT molecular complexity index is 1220. The lowest BCUT2D eigenvalue weighted by Crippen LogP contribution is -2.29. The van der Waals surface area contributed by atoms with Gasteiger partial charge in [-0.05, 0) is 52.9 Å². The minimum absolute atomic E-state index is 0.500. The van der Waals surface area contributed by atoms with E-state index in [4.69, 9.17) is 0 Å². The standard InChI is InChI=1S/C24H19NO3/c26-12-15-10-16(13-27)19-6-7-21-22(25-8-2-1-3-9-25)11-17(14-28)20-5-4-18(15)23(19)24(20)21/h4-7,10-14H,1-3,8-9H2. The van der Waals surface area contributed by atoms with Crippen LogP contribution in [0.4, 0.5) is 5.69 Å². The van der Waals surface area contributed by atoms with Gasteiger partial charge in [-0.25, -0.2) is 0 Å². The Morgan fingerprint density at radius 1 is 0.607 bits per heavy atom. The van der Waals surface area contributed by atoms with Crippen molar-refractivity contribution >= 4 is 56.9 Å². The smallest absolute Gasteiger partial charge is 0.150 e. The molecular weight excluding hydrogens is 350 g/mol. The number of aldehydes is 3. The van der Waals surface area contributed by atoms with E-state index in [1.165, 1.54) is 6.42 Å². The Balaban J connectivity index is 1.99. The molecule has 5 rings (SSSR count). The molecule has 0 N–H and O–H groups in total. The number of hydrogen-bond donors (Lipinski definition) is 0. The van der Waals surface area contributed by atoms with E-state index in [2.05, 4.69) is 11.0 Å². The molecule has 0 amide bonds. The van der Waals surface area contributed by atoms with Crippen LogP contribution in [0.25, 0.3) is 32.3 Å². The summed E-state index contributed by atoms with van der Waals surface area (Å²) in [4.78, 5) is 37.6. The zero-order chi connectivity index (χ0) is 19.3. The van der Waals surface area contributed by atoms with E-state index in [9.17, 15) is 14.4 Å². The van der Waals surface area contributed by atoms with Crippen LogP contribution in [0.3, 0.4) is 0 Å². The molecular formula is C24H19NO3. The molecule has 0 atom stereocenters. The van der Waals surface area contributed by atoms with E-state index >= 15 is 0 Å². The Labute approximate surface area is 162 Å². The molecule has 0 bridgehead atoms. The van der Waals surface area contributed by atoms with Gasteiger partial charge in [-0.1, -0.05) is 24.3 Å². The highest BCUT2D eigenvalue weighted by Crippen LogP contribution is 2.42. The van der Waals surface area contributed by atoms with Crippen molar-refractivity contribution in [3.8, 4) is 0 Å². The van der Waals surface area contributed by atoms with Crippen molar-refractivity contribution in [3.05, 3.63) is 53.1 Å². The number of anilines is 1. The van der Waals surface area contributed by atoms with Gasteiger partial charge < -0.3 is 4.90 Å². The van der Waals surface area contributed by atoms with Gasteiger partial charge in [0.25, 0.3) is 0 Å². The van der Waals surface area contributed by atoms with Crippen LogP contribution in [0.1, 0.15) is 50.3 Å². The highest BCUT2D eigenvalue weighted by atomic mass is 16.1. The molecule has 1 heterocycles. The number of carbonyl (C=O) groups is 3. The van der Waals surface area contributed by atoms with Gasteiger partial charge in [0.05, 0.1) is 0 Å². The molecule has 4 nitrogen and oxygen atoms in total. The topological polar surface area (TPSA) is 54.5 Å². The molecule has 28 heavy (non-hydrogen) atoms. The van der Waals surface area contributed by atoms with E-state index in [0.29, 0.717) is 16.7 Å². The molecule has 0 aliphatic carbocycles. The molecule has 1 aliphatic heterocycles. The molecule has 0 spiro atoms. The predicted octanol–water partition coefficient (Wildman–Crippen LogP) is 5.01. The number of hydrogen-bond acceptors (Lipinski definition) is 4. The van der Waals surface area contributed by atoms with Crippen LogP contribution in [0.2, 0.25) is 0 Å². The average Bonchev–Trinajstić information content (AvgIpc) is 2.77. The lowest BCUT2D eigenvalue weighted by molar-refractivity contribution is 0.111. The number of piperidine rings is 1. The maximum absolute atomic E-state index is 11.9. The van der Waals surface area contributed by atoms with Crippen molar-refractivity contribution in [2.45, 2.75) is 19.3 Å². The van der Waals surface area contributed by atoms with Gasteiger partial charge in [-0.15, -0.1) is 0 Å². The van der Waals surface area contributed by atoms with Gasteiger partial charge in [0.1, 0.15) is 0 Å². The molecule has 0 saturated carbocycles. The Hall–Kier alpha value is -3.27. The fourth-order valence-electron chi connectivity index (χ4n) is 4.75. The van der Waals surface area contributed by atoms with E-state index in [-0.39, 0.29) is 0 Å². The fraction of sp³-hybridized carbons (Fsp3) is 0.208. The van der Waals surface area contributed by atoms with Gasteiger partial charge >= 0.3 is 0 Å². The van der Waals surface area contributed by atoms with Crippen LogP contribution in [0.15, 0.2) is 36.4 Å². The van der Waals surface area contributed by atoms with Gasteiger partial charge in [0.2, 0.25) is 0 Å². The highest BCUT2D eigenvalue weighted by molar-refractivity contribution is 6.30. The summed E-state index contributed by atoms with van der Waals surface area (Å²) >= 11 is 0. The van der Waals surface area contributed by atoms with Crippen molar-refractivity contribution in [1.29, 1.82) is 0 Å². The minimum atomic E-state index is 0.500. The first-order valence-corrected chi connectivity index (χ1v) is 9.66. The second kappa shape index (κ2) is 6.41. The quantitative estimate of drug-likeness (QED) is 0.375. The van der Waals surface area contributed by atoms with Crippen LogP contribution in [0, 0.1) is 0 Å². The molecule has 4 heteroatoms. The summed E-state index contributed by atoms with van der Waals surface area (Å²) in [5, 5.41) is 5.43. The second-order valence-corrected chi connectivity index (χ2v) is 7.51. The molecule has 1 aliphatic rings. The second-order valence-electron chi connectivity index (χ2n) is 7.51. The fourth-order valence-corrected chi connectivity index (χ4v) is 4.75.